The number of hydrogen-bond acceptors (Lipinski definition) is 3. The maximum absolute atomic E-state index is 15.1. The molecule has 1 aliphatic carbocycles. The maximum Gasteiger partial charge on any atom is 0.316 e. The average Bonchev–Trinajstić information content (AvgIpc) is 3.51. The molecular weight excluding hydrogens is 703 g/mol. The predicted octanol–water partition coefficient (Wildman–Crippen LogP) is 8.38. The van der Waals surface area contributed by atoms with Crippen LogP contribution in [-0.2, 0) is 14.4 Å². The van der Waals surface area contributed by atoms with E-state index in [2.05, 4.69) is 17.2 Å². The van der Waals surface area contributed by atoms with Gasteiger partial charge in [0, 0.05) is 23.7 Å². The van der Waals surface area contributed by atoms with Gasteiger partial charge < -0.3 is 15.5 Å². The molecule has 0 saturated heterocycles. The van der Waals surface area contributed by atoms with Gasteiger partial charge in [-0.15, -0.1) is 23.2 Å². The first-order valence-electron chi connectivity index (χ1n) is 11.8. The van der Waals surface area contributed by atoms with Crippen molar-refractivity contribution in [2.24, 2.45) is 5.92 Å². The van der Waals surface area contributed by atoms with Gasteiger partial charge in [-0.25, -0.2) is 8.78 Å². The van der Waals surface area contributed by atoms with Crippen LogP contribution in [-0.4, -0.2) is 35.5 Å². The lowest BCUT2D eigenvalue weighted by atomic mass is 10.1. The number of nitrogens with zero attached hydrogens (tertiary/aromatic N) is 1. The molecule has 0 unspecified atom stereocenters. The molecule has 6 nitrogen and oxygen atoms in total. The lowest BCUT2D eigenvalue weighted by molar-refractivity contribution is -0.128. The first-order valence-corrected chi connectivity index (χ1v) is 14.1. The summed E-state index contributed by atoms with van der Waals surface area (Å²) >= 11 is 37.0. The van der Waals surface area contributed by atoms with E-state index in [0.29, 0.717) is 11.6 Å². The van der Waals surface area contributed by atoms with E-state index in [0.717, 1.165) is 19.2 Å². The number of carbonyl (C=O) groups excluding carboxylic acids is 3. The minimum absolute atomic E-state index is 0.0291. The fourth-order valence-corrected chi connectivity index (χ4v) is 5.63. The van der Waals surface area contributed by atoms with Crippen LogP contribution in [0.15, 0.2) is 59.3 Å². The standard InChI is InChI=1S/C27H19Cl6F4N3O3/c1-4-12(38-25(42)19-18(27(19,32)33)11-7-14(29)20(31)15(30)8-11)9-13(10(2)28)24(41)39-17-6-5-16(34)22(21(17)35)40(3)26(43)23(36)37/h4-9,18-19,23H,2H2,1,3H3,(H,38,42)(H,39,41)/b12-4+,13-9+/t18-,19+/m0/s1. The van der Waals surface area contributed by atoms with Crippen LogP contribution in [0.4, 0.5) is 28.9 Å². The highest BCUT2D eigenvalue weighted by Crippen LogP contribution is 2.65. The number of rotatable bonds is 9. The Morgan fingerprint density at radius 3 is 2.19 bits per heavy atom. The molecule has 1 fully saturated rings. The zero-order valence-electron chi connectivity index (χ0n) is 21.9. The fraction of sp³-hybridized carbons (Fsp3) is 0.222. The molecule has 3 amide bonds. The molecule has 2 atom stereocenters. The van der Waals surface area contributed by atoms with E-state index in [-0.39, 0.29) is 36.3 Å². The molecule has 0 aromatic heterocycles. The third kappa shape index (κ3) is 7.44. The van der Waals surface area contributed by atoms with Crippen molar-refractivity contribution < 1.29 is 31.9 Å². The van der Waals surface area contributed by atoms with E-state index < -0.39 is 63.3 Å². The van der Waals surface area contributed by atoms with Crippen molar-refractivity contribution in [3.05, 3.63) is 91.6 Å². The topological polar surface area (TPSA) is 78.5 Å². The summed E-state index contributed by atoms with van der Waals surface area (Å²) in [7, 11) is 0.742. The van der Waals surface area contributed by atoms with Crippen LogP contribution in [0.2, 0.25) is 15.1 Å². The second-order valence-corrected chi connectivity index (χ2v) is 12.1. The highest BCUT2D eigenvalue weighted by atomic mass is 35.5. The summed E-state index contributed by atoms with van der Waals surface area (Å²) in [5, 5.41) is 4.70. The van der Waals surface area contributed by atoms with Crippen molar-refractivity contribution in [2.45, 2.75) is 23.6 Å². The van der Waals surface area contributed by atoms with Gasteiger partial charge in [-0.3, -0.25) is 14.4 Å². The molecule has 2 N–H and O–H groups in total. The monoisotopic (exact) mass is 719 g/mol. The molecule has 2 aromatic rings. The van der Waals surface area contributed by atoms with Crippen molar-refractivity contribution in [3.8, 4) is 0 Å². The third-order valence-corrected chi connectivity index (χ3v) is 8.63. The molecule has 230 valence electrons. The van der Waals surface area contributed by atoms with Crippen molar-refractivity contribution in [3.63, 3.8) is 0 Å². The minimum atomic E-state index is -3.54. The number of nitrogens with one attached hydrogen (secondary N) is 2. The molecule has 16 heteroatoms. The van der Waals surface area contributed by atoms with Crippen LogP contribution in [0.1, 0.15) is 18.4 Å². The van der Waals surface area contributed by atoms with Gasteiger partial charge in [0.05, 0.1) is 32.2 Å². The summed E-state index contributed by atoms with van der Waals surface area (Å²) in [4.78, 5) is 37.8. The van der Waals surface area contributed by atoms with E-state index in [9.17, 15) is 27.6 Å². The highest BCUT2D eigenvalue weighted by molar-refractivity contribution is 6.53. The van der Waals surface area contributed by atoms with Crippen LogP contribution in [0.5, 0.6) is 0 Å². The molecule has 43 heavy (non-hydrogen) atoms. The Hall–Kier alpha value is -2.47. The number of hydrogen-bond donors (Lipinski definition) is 2. The van der Waals surface area contributed by atoms with Gasteiger partial charge in [0.15, 0.2) is 5.82 Å². The number of alkyl halides is 4. The number of carbonyl (C=O) groups is 3. The maximum atomic E-state index is 15.1. The van der Waals surface area contributed by atoms with E-state index in [1.54, 1.807) is 0 Å². The van der Waals surface area contributed by atoms with Crippen LogP contribution >= 0.6 is 69.6 Å². The third-order valence-electron chi connectivity index (χ3n) is 6.28. The van der Waals surface area contributed by atoms with Gasteiger partial charge in [-0.05, 0) is 42.8 Å². The van der Waals surface area contributed by atoms with Crippen LogP contribution < -0.4 is 15.5 Å². The highest BCUT2D eigenvalue weighted by Gasteiger charge is 2.67. The Labute approximate surface area is 273 Å². The van der Waals surface area contributed by atoms with Gasteiger partial charge in [0.1, 0.15) is 15.8 Å². The Morgan fingerprint density at radius 2 is 1.67 bits per heavy atom. The first-order chi connectivity index (χ1) is 19.9. The Morgan fingerprint density at radius 1 is 1.09 bits per heavy atom. The summed E-state index contributed by atoms with van der Waals surface area (Å²) in [5.41, 5.74) is -1.67. The molecule has 2 aromatic carbocycles. The lowest BCUT2D eigenvalue weighted by Crippen LogP contribution is -2.33. The molecular formula is C27H19Cl6F4N3O3. The molecule has 0 aliphatic heterocycles. The minimum Gasteiger partial charge on any atom is -0.326 e. The summed E-state index contributed by atoms with van der Waals surface area (Å²) < 4.78 is 53.4. The molecule has 0 radical (unpaired) electrons. The van der Waals surface area contributed by atoms with Crippen LogP contribution in [0, 0.1) is 17.6 Å². The molecule has 1 saturated carbocycles. The largest absolute Gasteiger partial charge is 0.326 e. The molecule has 0 heterocycles. The Balaban J connectivity index is 1.84. The normalized spacial score (nSPS) is 17.9. The van der Waals surface area contributed by atoms with Crippen molar-refractivity contribution in [1.29, 1.82) is 0 Å². The van der Waals surface area contributed by atoms with Crippen molar-refractivity contribution in [2.75, 3.05) is 17.3 Å². The zero-order chi connectivity index (χ0) is 32.5. The van der Waals surface area contributed by atoms with E-state index in [1.807, 2.05) is 0 Å². The Kier molecular flexibility index (Phi) is 11.1. The predicted molar refractivity (Wildman–Crippen MR) is 162 cm³/mol. The smallest absolute Gasteiger partial charge is 0.316 e. The fourth-order valence-electron chi connectivity index (χ4n) is 4.05. The summed E-state index contributed by atoms with van der Waals surface area (Å²) in [6, 6.07) is 4.43. The second-order valence-electron chi connectivity index (χ2n) is 9.03. The van der Waals surface area contributed by atoms with Crippen molar-refractivity contribution >= 4 is 98.7 Å². The average molecular weight is 722 g/mol. The number of anilines is 2. The molecule has 3 rings (SSSR count). The number of benzene rings is 2. The van der Waals surface area contributed by atoms with Crippen LogP contribution in [0.25, 0.3) is 0 Å². The zero-order valence-corrected chi connectivity index (χ0v) is 26.4. The summed E-state index contributed by atoms with van der Waals surface area (Å²) in [6.07, 6.45) is -1.04. The number of allylic oxidation sites excluding steroid dienone is 2. The van der Waals surface area contributed by atoms with Gasteiger partial charge in [0.2, 0.25) is 5.91 Å². The van der Waals surface area contributed by atoms with E-state index in [1.165, 1.54) is 25.1 Å². The quantitative estimate of drug-likeness (QED) is 0.0898. The van der Waals surface area contributed by atoms with Gasteiger partial charge >= 0.3 is 6.43 Å². The molecule has 0 spiro atoms. The van der Waals surface area contributed by atoms with Gasteiger partial charge in [-0.2, -0.15) is 8.78 Å². The molecule has 1 aliphatic rings. The van der Waals surface area contributed by atoms with E-state index in [4.69, 9.17) is 69.6 Å². The number of halogens is 10. The second kappa shape index (κ2) is 13.7. The van der Waals surface area contributed by atoms with E-state index >= 15 is 4.39 Å². The summed E-state index contributed by atoms with van der Waals surface area (Å²) in [5.74, 6) is -8.15. The molecule has 0 bridgehead atoms. The lowest BCUT2D eigenvalue weighted by Gasteiger charge is -2.20. The SMILES string of the molecule is C=C(Cl)/C(=C\C(=C/C)NC(=O)[C@H]1[C@H](c2cc(Cl)c(Cl)c(Cl)c2)C1(Cl)Cl)C(=O)Nc1ccc(F)c(N(C)C(=O)C(F)F)c1F. The Bertz CT molecular complexity index is 1560. The van der Waals surface area contributed by atoms with Crippen molar-refractivity contribution in [1.82, 2.24) is 5.32 Å². The first kappa shape index (κ1) is 35.0. The van der Waals surface area contributed by atoms with Crippen LogP contribution in [0.3, 0.4) is 0 Å². The number of amides is 3. The summed E-state index contributed by atoms with van der Waals surface area (Å²) in [6.45, 7) is 5.00. The van der Waals surface area contributed by atoms with Gasteiger partial charge in [-0.1, -0.05) is 59.1 Å². The van der Waals surface area contributed by atoms with Gasteiger partial charge in [0.25, 0.3) is 11.8 Å².